The molecule has 0 aromatic carbocycles. The van der Waals surface area contributed by atoms with Gasteiger partial charge in [0.2, 0.25) is 5.88 Å². The third kappa shape index (κ3) is 2.42. The van der Waals surface area contributed by atoms with E-state index in [1.165, 1.54) is 13.2 Å². The quantitative estimate of drug-likeness (QED) is 0.641. The van der Waals surface area contributed by atoms with Crippen LogP contribution in [-0.4, -0.2) is 18.6 Å². The first-order valence-electron chi connectivity index (χ1n) is 3.66. The number of aromatic nitrogens is 1. The Morgan fingerprint density at radius 3 is 3.08 bits per heavy atom. The molecule has 0 radical (unpaired) electrons. The number of halogens is 1. The number of methoxy groups -OCH3 is 1. The molecule has 1 heterocycles. The fourth-order valence-electron chi connectivity index (χ4n) is 0.773. The summed E-state index contributed by atoms with van der Waals surface area (Å²) in [6.45, 7) is 0.198. The Kier molecular flexibility index (Phi) is 3.23. The van der Waals surface area contributed by atoms with Gasteiger partial charge in [0.15, 0.2) is 5.82 Å². The lowest BCUT2D eigenvalue weighted by Gasteiger charge is -1.98. The second-order valence-corrected chi connectivity index (χ2v) is 2.21. The molecule has 2 N–H and O–H groups in total. The molecule has 0 saturated heterocycles. The van der Waals surface area contributed by atoms with Crippen molar-refractivity contribution in [2.45, 2.75) is 0 Å². The summed E-state index contributed by atoms with van der Waals surface area (Å²) in [5.74, 6) is 4.99. The van der Waals surface area contributed by atoms with Crippen LogP contribution in [0.25, 0.3) is 0 Å². The molecule has 0 unspecified atom stereocenters. The molecule has 0 amide bonds. The van der Waals surface area contributed by atoms with Crippen molar-refractivity contribution < 1.29 is 9.13 Å². The van der Waals surface area contributed by atoms with Gasteiger partial charge in [0.1, 0.15) is 0 Å². The van der Waals surface area contributed by atoms with Crippen molar-refractivity contribution in [3.63, 3.8) is 0 Å². The van der Waals surface area contributed by atoms with Crippen molar-refractivity contribution in [1.82, 2.24) is 4.98 Å². The number of hydrogen-bond acceptors (Lipinski definition) is 3. The number of rotatable bonds is 1. The van der Waals surface area contributed by atoms with Crippen LogP contribution in [0.2, 0.25) is 0 Å². The molecule has 1 rings (SSSR count). The van der Waals surface area contributed by atoms with Crippen LogP contribution < -0.4 is 10.5 Å². The fraction of sp³-hybridized carbons (Fsp3) is 0.222. The van der Waals surface area contributed by atoms with Crippen molar-refractivity contribution in [2.24, 2.45) is 5.73 Å². The minimum absolute atomic E-state index is 0.198. The monoisotopic (exact) mass is 180 g/mol. The molecule has 68 valence electrons. The van der Waals surface area contributed by atoms with Gasteiger partial charge in [0, 0.05) is 6.07 Å². The van der Waals surface area contributed by atoms with E-state index in [1.807, 2.05) is 0 Å². The molecule has 0 spiro atoms. The van der Waals surface area contributed by atoms with Crippen LogP contribution in [0.3, 0.4) is 0 Å². The molecule has 0 saturated carbocycles. The van der Waals surface area contributed by atoms with Crippen molar-refractivity contribution in [3.05, 3.63) is 23.6 Å². The van der Waals surface area contributed by atoms with Gasteiger partial charge in [-0.3, -0.25) is 0 Å². The first kappa shape index (κ1) is 9.49. The molecule has 4 heteroatoms. The number of nitrogens with two attached hydrogens (primary N) is 1. The van der Waals surface area contributed by atoms with Gasteiger partial charge in [-0.2, -0.15) is 0 Å². The Labute approximate surface area is 75.7 Å². The first-order chi connectivity index (χ1) is 6.27. The molecule has 0 aliphatic carbocycles. The summed E-state index contributed by atoms with van der Waals surface area (Å²) in [4.78, 5) is 3.67. The van der Waals surface area contributed by atoms with E-state index >= 15 is 0 Å². The van der Waals surface area contributed by atoms with E-state index in [2.05, 4.69) is 16.8 Å². The largest absolute Gasteiger partial charge is 0.481 e. The predicted molar refractivity (Wildman–Crippen MR) is 46.7 cm³/mol. The Bertz CT molecular complexity index is 354. The van der Waals surface area contributed by atoms with Gasteiger partial charge in [0.05, 0.1) is 25.4 Å². The zero-order valence-corrected chi connectivity index (χ0v) is 7.17. The summed E-state index contributed by atoms with van der Waals surface area (Å²) < 4.78 is 17.8. The van der Waals surface area contributed by atoms with E-state index in [9.17, 15) is 4.39 Å². The number of pyridine rings is 1. The van der Waals surface area contributed by atoms with Crippen molar-refractivity contribution >= 4 is 0 Å². The van der Waals surface area contributed by atoms with Gasteiger partial charge >= 0.3 is 0 Å². The second-order valence-electron chi connectivity index (χ2n) is 2.21. The van der Waals surface area contributed by atoms with E-state index in [0.717, 1.165) is 6.20 Å². The zero-order chi connectivity index (χ0) is 9.68. The van der Waals surface area contributed by atoms with Crippen molar-refractivity contribution in [2.75, 3.05) is 13.7 Å². The number of ether oxygens (including phenoxy) is 1. The van der Waals surface area contributed by atoms with E-state index in [1.54, 1.807) is 0 Å². The lowest BCUT2D eigenvalue weighted by atomic mass is 10.2. The molecule has 0 aliphatic rings. The lowest BCUT2D eigenvalue weighted by molar-refractivity contribution is 0.395. The van der Waals surface area contributed by atoms with E-state index in [0.29, 0.717) is 5.88 Å². The second kappa shape index (κ2) is 4.43. The summed E-state index contributed by atoms with van der Waals surface area (Å²) in [6.07, 6.45) is 1.07. The van der Waals surface area contributed by atoms with E-state index in [-0.39, 0.29) is 12.1 Å². The zero-order valence-electron chi connectivity index (χ0n) is 7.17. The number of nitrogens with zero attached hydrogens (tertiary/aromatic N) is 1. The lowest BCUT2D eigenvalue weighted by Crippen LogP contribution is -1.95. The molecule has 0 bridgehead atoms. The van der Waals surface area contributed by atoms with Gasteiger partial charge in [-0.1, -0.05) is 11.8 Å². The third-order valence-corrected chi connectivity index (χ3v) is 1.36. The van der Waals surface area contributed by atoms with Crippen molar-refractivity contribution in [1.29, 1.82) is 0 Å². The average Bonchev–Trinajstić information content (AvgIpc) is 2.17. The van der Waals surface area contributed by atoms with E-state index < -0.39 is 5.82 Å². The SMILES string of the molecule is COc1cc(C#CCN)c(F)cn1. The first-order valence-corrected chi connectivity index (χ1v) is 3.66. The van der Waals surface area contributed by atoms with Gasteiger partial charge in [0.25, 0.3) is 0 Å². The van der Waals surface area contributed by atoms with Gasteiger partial charge in [-0.25, -0.2) is 9.37 Å². The maximum Gasteiger partial charge on any atom is 0.214 e. The summed E-state index contributed by atoms with van der Waals surface area (Å²) in [7, 11) is 1.46. The standard InChI is InChI=1S/C9H9FN2O/c1-13-9-5-7(3-2-4-11)8(10)6-12-9/h5-6H,4,11H2,1H3. The summed E-state index contributed by atoms with van der Waals surface area (Å²) in [5.41, 5.74) is 5.40. The highest BCUT2D eigenvalue weighted by molar-refractivity contribution is 5.37. The Hall–Kier alpha value is -1.60. The van der Waals surface area contributed by atoms with Gasteiger partial charge in [-0.15, -0.1) is 0 Å². The molecule has 3 nitrogen and oxygen atoms in total. The summed E-state index contributed by atoms with van der Waals surface area (Å²) >= 11 is 0. The Morgan fingerprint density at radius 1 is 1.69 bits per heavy atom. The van der Waals surface area contributed by atoms with Crippen LogP contribution in [0.4, 0.5) is 4.39 Å². The maximum absolute atomic E-state index is 13.0. The van der Waals surface area contributed by atoms with Crippen LogP contribution in [0.1, 0.15) is 5.56 Å². The third-order valence-electron chi connectivity index (χ3n) is 1.36. The minimum atomic E-state index is -0.471. The Balaban J connectivity index is 3.04. The van der Waals surface area contributed by atoms with Crippen LogP contribution in [-0.2, 0) is 0 Å². The molecule has 0 aliphatic heterocycles. The molecule has 1 aromatic rings. The van der Waals surface area contributed by atoms with Gasteiger partial charge in [-0.05, 0) is 0 Å². The minimum Gasteiger partial charge on any atom is -0.481 e. The highest BCUT2D eigenvalue weighted by Gasteiger charge is 2.01. The highest BCUT2D eigenvalue weighted by Crippen LogP contribution is 2.11. The van der Waals surface area contributed by atoms with Crippen LogP contribution >= 0.6 is 0 Å². The topological polar surface area (TPSA) is 48.1 Å². The average molecular weight is 180 g/mol. The molecule has 0 fully saturated rings. The molecule has 1 aromatic heterocycles. The Morgan fingerprint density at radius 2 is 2.46 bits per heavy atom. The molecule has 0 atom stereocenters. The summed E-state index contributed by atoms with van der Waals surface area (Å²) in [5, 5.41) is 0. The van der Waals surface area contributed by atoms with Crippen molar-refractivity contribution in [3.8, 4) is 17.7 Å². The van der Waals surface area contributed by atoms with Crippen LogP contribution in [0.5, 0.6) is 5.88 Å². The predicted octanol–water partition coefficient (Wildman–Crippen LogP) is 0.539. The smallest absolute Gasteiger partial charge is 0.214 e. The number of hydrogen-bond donors (Lipinski definition) is 1. The van der Waals surface area contributed by atoms with Crippen LogP contribution in [0.15, 0.2) is 12.3 Å². The maximum atomic E-state index is 13.0. The summed E-state index contributed by atoms with van der Waals surface area (Å²) in [6, 6.07) is 1.43. The molecular weight excluding hydrogens is 171 g/mol. The normalized spacial score (nSPS) is 8.85. The van der Waals surface area contributed by atoms with Crippen LogP contribution in [0, 0.1) is 17.7 Å². The molecule has 13 heavy (non-hydrogen) atoms. The molecular formula is C9H9FN2O. The van der Waals surface area contributed by atoms with Gasteiger partial charge < -0.3 is 10.5 Å². The fourth-order valence-corrected chi connectivity index (χ4v) is 0.773. The van der Waals surface area contributed by atoms with E-state index in [4.69, 9.17) is 10.5 Å². The highest BCUT2D eigenvalue weighted by atomic mass is 19.1.